The van der Waals surface area contributed by atoms with Crippen LogP contribution in [0, 0.1) is 0 Å². The number of amides is 4. The van der Waals surface area contributed by atoms with Crippen LogP contribution in [0.4, 0.5) is 0 Å². The van der Waals surface area contributed by atoms with Crippen LogP contribution in [0.2, 0.25) is 0 Å². The molecule has 22 heavy (non-hydrogen) atoms. The van der Waals surface area contributed by atoms with E-state index in [4.69, 9.17) is 0 Å². The molecule has 1 N–H and O–H groups in total. The molecule has 0 aromatic heterocycles. The molecule has 2 fully saturated rings. The lowest BCUT2D eigenvalue weighted by Crippen LogP contribution is -2.52. The van der Waals surface area contributed by atoms with Gasteiger partial charge in [-0.2, -0.15) is 0 Å². The molecule has 0 aromatic carbocycles. The second kappa shape index (κ2) is 6.87. The second-order valence-corrected chi connectivity index (χ2v) is 5.57. The summed E-state index contributed by atoms with van der Waals surface area (Å²) >= 11 is 0. The Kier molecular flexibility index (Phi) is 5.12. The van der Waals surface area contributed by atoms with Gasteiger partial charge in [0, 0.05) is 52.0 Å². The summed E-state index contributed by atoms with van der Waals surface area (Å²) in [5.74, 6) is -0.896. The summed E-state index contributed by atoms with van der Waals surface area (Å²) in [6.45, 7) is 3.12. The monoisotopic (exact) mass is 311 g/mol. The average molecular weight is 311 g/mol. The van der Waals surface area contributed by atoms with Gasteiger partial charge in [0.2, 0.25) is 17.7 Å². The molecule has 2 rings (SSSR count). The number of likely N-dealkylation sites (tertiary alicyclic amines) is 1. The zero-order chi connectivity index (χ0) is 16.3. The predicted octanol–water partition coefficient (Wildman–Crippen LogP) is -1.42. The highest BCUT2D eigenvalue weighted by atomic mass is 16.3. The zero-order valence-electron chi connectivity index (χ0n) is 12.7. The van der Waals surface area contributed by atoms with Crippen LogP contribution < -0.4 is 0 Å². The van der Waals surface area contributed by atoms with E-state index < -0.39 is 6.10 Å². The van der Waals surface area contributed by atoms with E-state index in [0.717, 1.165) is 4.90 Å². The smallest absolute Gasteiger partial charge is 0.251 e. The highest BCUT2D eigenvalue weighted by Gasteiger charge is 2.30. The number of rotatable bonds is 4. The molecule has 1 unspecified atom stereocenters. The van der Waals surface area contributed by atoms with Gasteiger partial charge in [0.1, 0.15) is 6.10 Å². The van der Waals surface area contributed by atoms with Gasteiger partial charge in [-0.1, -0.05) is 0 Å². The van der Waals surface area contributed by atoms with Gasteiger partial charge < -0.3 is 14.9 Å². The minimum absolute atomic E-state index is 0.113. The van der Waals surface area contributed by atoms with E-state index in [1.807, 2.05) is 0 Å². The number of carbonyl (C=O) groups excluding carboxylic acids is 4. The van der Waals surface area contributed by atoms with Crippen LogP contribution in [0.25, 0.3) is 0 Å². The van der Waals surface area contributed by atoms with Crippen molar-refractivity contribution in [2.24, 2.45) is 0 Å². The molecule has 122 valence electrons. The Labute approximate surface area is 128 Å². The van der Waals surface area contributed by atoms with E-state index in [-0.39, 0.29) is 49.4 Å². The molecule has 0 radical (unpaired) electrons. The third-order valence-corrected chi connectivity index (χ3v) is 4.01. The van der Waals surface area contributed by atoms with E-state index in [0.29, 0.717) is 26.2 Å². The molecule has 8 nitrogen and oxygen atoms in total. The number of nitrogens with zero attached hydrogens (tertiary/aromatic N) is 3. The molecule has 0 bridgehead atoms. The first-order valence-corrected chi connectivity index (χ1v) is 7.48. The first-order valence-electron chi connectivity index (χ1n) is 7.48. The molecular formula is C14H21N3O5. The number of imide groups is 1. The molecule has 2 saturated heterocycles. The summed E-state index contributed by atoms with van der Waals surface area (Å²) in [7, 11) is 0. The fourth-order valence-electron chi connectivity index (χ4n) is 2.68. The summed E-state index contributed by atoms with van der Waals surface area (Å²) in [4.78, 5) is 51.0. The molecule has 0 saturated carbocycles. The lowest BCUT2D eigenvalue weighted by Gasteiger charge is -2.35. The molecule has 0 spiro atoms. The van der Waals surface area contributed by atoms with Crippen molar-refractivity contribution in [2.75, 3.05) is 32.7 Å². The summed E-state index contributed by atoms with van der Waals surface area (Å²) < 4.78 is 0. The average Bonchev–Trinajstić information content (AvgIpc) is 2.83. The molecule has 2 aliphatic rings. The molecule has 0 aliphatic carbocycles. The van der Waals surface area contributed by atoms with Crippen LogP contribution in [0.3, 0.4) is 0 Å². The fourth-order valence-corrected chi connectivity index (χ4v) is 2.68. The van der Waals surface area contributed by atoms with Crippen molar-refractivity contribution in [1.29, 1.82) is 0 Å². The van der Waals surface area contributed by atoms with Gasteiger partial charge in [-0.15, -0.1) is 0 Å². The van der Waals surface area contributed by atoms with Crippen LogP contribution >= 0.6 is 0 Å². The standard InChI is InChI=1S/C14H21N3O5/c1-10(18)14(22)16-8-6-15(7-9-16)11(19)4-5-17-12(20)2-3-13(17)21/h10,18H,2-9H2,1H3. The van der Waals surface area contributed by atoms with Crippen molar-refractivity contribution < 1.29 is 24.3 Å². The van der Waals surface area contributed by atoms with Crippen LogP contribution in [0.1, 0.15) is 26.2 Å². The summed E-state index contributed by atoms with van der Waals surface area (Å²) in [6, 6.07) is 0. The Bertz CT molecular complexity index is 467. The molecule has 8 heteroatoms. The SMILES string of the molecule is CC(O)C(=O)N1CCN(C(=O)CCN2C(=O)CCC2=O)CC1. The van der Waals surface area contributed by atoms with Crippen LogP contribution in [-0.4, -0.2) is 82.3 Å². The van der Waals surface area contributed by atoms with Gasteiger partial charge in [0.15, 0.2) is 0 Å². The number of aliphatic hydroxyl groups is 1. The van der Waals surface area contributed by atoms with Crippen LogP contribution in [-0.2, 0) is 19.2 Å². The van der Waals surface area contributed by atoms with Crippen molar-refractivity contribution >= 4 is 23.6 Å². The van der Waals surface area contributed by atoms with Gasteiger partial charge in [0.05, 0.1) is 0 Å². The topological polar surface area (TPSA) is 98.2 Å². The highest BCUT2D eigenvalue weighted by molar-refractivity contribution is 6.02. The van der Waals surface area contributed by atoms with Gasteiger partial charge in [-0.25, -0.2) is 0 Å². The maximum Gasteiger partial charge on any atom is 0.251 e. The minimum Gasteiger partial charge on any atom is -0.384 e. The van der Waals surface area contributed by atoms with Gasteiger partial charge in [0.25, 0.3) is 5.91 Å². The lowest BCUT2D eigenvalue weighted by atomic mass is 10.2. The minimum atomic E-state index is -1.03. The van der Waals surface area contributed by atoms with Crippen molar-refractivity contribution in [3.05, 3.63) is 0 Å². The van der Waals surface area contributed by atoms with Crippen molar-refractivity contribution in [1.82, 2.24) is 14.7 Å². The number of hydrogen-bond acceptors (Lipinski definition) is 5. The Hall–Kier alpha value is -1.96. The first-order chi connectivity index (χ1) is 10.4. The summed E-state index contributed by atoms with van der Waals surface area (Å²) in [5, 5.41) is 9.26. The molecule has 4 amide bonds. The normalized spacial score (nSPS) is 20.5. The Morgan fingerprint density at radius 1 is 1.05 bits per heavy atom. The van der Waals surface area contributed by atoms with Gasteiger partial charge in [-0.3, -0.25) is 24.1 Å². The molecule has 2 heterocycles. The molecule has 0 aromatic rings. The third-order valence-electron chi connectivity index (χ3n) is 4.01. The molecule has 2 aliphatic heterocycles. The summed E-state index contributed by atoms with van der Waals surface area (Å²) in [6.07, 6.45) is -0.461. The third kappa shape index (κ3) is 3.62. The zero-order valence-corrected chi connectivity index (χ0v) is 12.7. The number of carbonyl (C=O) groups is 4. The van der Waals surface area contributed by atoms with Crippen LogP contribution in [0.15, 0.2) is 0 Å². The maximum atomic E-state index is 12.1. The first kappa shape index (κ1) is 16.4. The van der Waals surface area contributed by atoms with E-state index in [2.05, 4.69) is 0 Å². The fraction of sp³-hybridized carbons (Fsp3) is 0.714. The van der Waals surface area contributed by atoms with E-state index in [1.165, 1.54) is 11.8 Å². The Morgan fingerprint density at radius 3 is 2.05 bits per heavy atom. The Balaban J connectivity index is 1.77. The summed E-state index contributed by atoms with van der Waals surface area (Å²) in [5.41, 5.74) is 0. The van der Waals surface area contributed by atoms with Crippen molar-refractivity contribution in [2.45, 2.75) is 32.3 Å². The van der Waals surface area contributed by atoms with Crippen molar-refractivity contribution in [3.8, 4) is 0 Å². The number of hydrogen-bond donors (Lipinski definition) is 1. The second-order valence-electron chi connectivity index (χ2n) is 5.57. The maximum absolute atomic E-state index is 12.1. The lowest BCUT2D eigenvalue weighted by molar-refractivity contribution is -0.145. The quantitative estimate of drug-likeness (QED) is 0.642. The number of aliphatic hydroxyl groups excluding tert-OH is 1. The van der Waals surface area contributed by atoms with Crippen LogP contribution in [0.5, 0.6) is 0 Å². The molecule has 1 atom stereocenters. The van der Waals surface area contributed by atoms with Gasteiger partial charge in [-0.05, 0) is 6.92 Å². The Morgan fingerprint density at radius 2 is 1.55 bits per heavy atom. The van der Waals surface area contributed by atoms with E-state index in [1.54, 1.807) is 4.90 Å². The molecular weight excluding hydrogens is 290 g/mol. The number of piperazine rings is 1. The largest absolute Gasteiger partial charge is 0.384 e. The van der Waals surface area contributed by atoms with Crippen molar-refractivity contribution in [3.63, 3.8) is 0 Å². The highest BCUT2D eigenvalue weighted by Crippen LogP contribution is 2.13. The predicted molar refractivity (Wildman–Crippen MR) is 75.4 cm³/mol. The van der Waals surface area contributed by atoms with E-state index >= 15 is 0 Å². The van der Waals surface area contributed by atoms with Gasteiger partial charge >= 0.3 is 0 Å². The van der Waals surface area contributed by atoms with E-state index in [9.17, 15) is 24.3 Å².